The van der Waals surface area contributed by atoms with Crippen molar-refractivity contribution in [1.82, 2.24) is 15.6 Å². The van der Waals surface area contributed by atoms with Gasteiger partial charge in [0.25, 0.3) is 0 Å². The third kappa shape index (κ3) is 6.48. The van der Waals surface area contributed by atoms with E-state index < -0.39 is 0 Å². The number of hydrogen-bond donors (Lipinski definition) is 2. The van der Waals surface area contributed by atoms with E-state index in [1.807, 2.05) is 6.20 Å². The zero-order chi connectivity index (χ0) is 19.8. The van der Waals surface area contributed by atoms with E-state index >= 15 is 0 Å². The summed E-state index contributed by atoms with van der Waals surface area (Å²) in [5.74, 6) is 2.86. The number of ether oxygens (including phenoxy) is 1. The molecule has 3 rings (SSSR count). The van der Waals surface area contributed by atoms with Crippen molar-refractivity contribution in [3.05, 3.63) is 53.2 Å². The van der Waals surface area contributed by atoms with Gasteiger partial charge in [-0.25, -0.2) is 4.98 Å². The summed E-state index contributed by atoms with van der Waals surface area (Å²) < 4.78 is 5.57. The van der Waals surface area contributed by atoms with Crippen LogP contribution in [0.3, 0.4) is 0 Å². The predicted octanol–water partition coefficient (Wildman–Crippen LogP) is 3.39. The molecule has 0 amide bonds. The number of halogens is 1. The molecule has 0 saturated heterocycles. The number of benzene rings is 1. The Morgan fingerprint density at radius 2 is 1.93 bits per heavy atom. The highest BCUT2D eigenvalue weighted by atomic mass is 127. The van der Waals surface area contributed by atoms with Crippen molar-refractivity contribution in [2.45, 2.75) is 33.2 Å². The van der Waals surface area contributed by atoms with Gasteiger partial charge in [-0.2, -0.15) is 0 Å². The quantitative estimate of drug-likeness (QED) is 0.325. The SMILES string of the molecule is CCN(CC)c1ccc(CNC(=NC)NCCc2ccc3c(c2)CCO3)cn1.I. The Balaban J connectivity index is 0.00000300. The molecule has 0 fully saturated rings. The second-order valence-corrected chi connectivity index (χ2v) is 6.84. The van der Waals surface area contributed by atoms with E-state index in [1.54, 1.807) is 7.05 Å². The van der Waals surface area contributed by atoms with E-state index in [0.29, 0.717) is 6.54 Å². The smallest absolute Gasteiger partial charge is 0.191 e. The standard InChI is InChI=1S/C22H31N5O.HI/c1-4-27(5-2)21-9-7-18(15-25-21)16-26-22(23-3)24-12-10-17-6-8-20-19(14-17)11-13-28-20;/h6-9,14-15H,4-5,10-13,16H2,1-3H3,(H2,23,24,26);1H. The van der Waals surface area contributed by atoms with E-state index in [-0.39, 0.29) is 24.0 Å². The minimum absolute atomic E-state index is 0. The van der Waals surface area contributed by atoms with Gasteiger partial charge in [-0.1, -0.05) is 18.2 Å². The summed E-state index contributed by atoms with van der Waals surface area (Å²) in [6.07, 6.45) is 3.90. The van der Waals surface area contributed by atoms with E-state index in [0.717, 1.165) is 62.2 Å². The van der Waals surface area contributed by atoms with Gasteiger partial charge in [0.05, 0.1) is 6.61 Å². The highest BCUT2D eigenvalue weighted by Gasteiger charge is 2.11. The first-order valence-corrected chi connectivity index (χ1v) is 10.1. The number of nitrogens with zero attached hydrogens (tertiary/aromatic N) is 3. The first-order chi connectivity index (χ1) is 13.7. The summed E-state index contributed by atoms with van der Waals surface area (Å²) in [6.45, 7) is 8.56. The van der Waals surface area contributed by atoms with Crippen molar-refractivity contribution in [1.29, 1.82) is 0 Å². The molecule has 0 bridgehead atoms. The number of rotatable bonds is 8. The molecule has 1 aromatic heterocycles. The molecule has 1 aliphatic rings. The minimum Gasteiger partial charge on any atom is -0.493 e. The number of pyridine rings is 1. The topological polar surface area (TPSA) is 61.8 Å². The Labute approximate surface area is 191 Å². The van der Waals surface area contributed by atoms with Gasteiger partial charge in [-0.3, -0.25) is 4.99 Å². The number of nitrogens with one attached hydrogen (secondary N) is 2. The first-order valence-electron chi connectivity index (χ1n) is 10.1. The molecule has 1 aliphatic heterocycles. The molecular formula is C22H32IN5O. The van der Waals surface area contributed by atoms with Gasteiger partial charge in [0.2, 0.25) is 0 Å². The number of anilines is 1. The van der Waals surface area contributed by atoms with Crippen LogP contribution in [0, 0.1) is 0 Å². The van der Waals surface area contributed by atoms with Crippen LogP contribution in [0.15, 0.2) is 41.5 Å². The van der Waals surface area contributed by atoms with Crippen molar-refractivity contribution in [2.75, 3.05) is 38.2 Å². The van der Waals surface area contributed by atoms with Gasteiger partial charge in [0.15, 0.2) is 5.96 Å². The van der Waals surface area contributed by atoms with E-state index in [2.05, 4.69) is 69.7 Å². The third-order valence-corrected chi connectivity index (χ3v) is 5.04. The first kappa shape index (κ1) is 23.3. The average molecular weight is 509 g/mol. The second-order valence-electron chi connectivity index (χ2n) is 6.84. The molecular weight excluding hydrogens is 477 g/mol. The van der Waals surface area contributed by atoms with Crippen molar-refractivity contribution in [3.8, 4) is 5.75 Å². The van der Waals surface area contributed by atoms with Crippen molar-refractivity contribution >= 4 is 35.8 Å². The molecule has 1 aromatic carbocycles. The average Bonchev–Trinajstić information content (AvgIpc) is 3.20. The van der Waals surface area contributed by atoms with Crippen LogP contribution in [0.25, 0.3) is 0 Å². The van der Waals surface area contributed by atoms with Gasteiger partial charge in [0, 0.05) is 45.8 Å². The lowest BCUT2D eigenvalue weighted by Gasteiger charge is -2.19. The van der Waals surface area contributed by atoms with E-state index in [9.17, 15) is 0 Å². The Morgan fingerprint density at radius 3 is 2.62 bits per heavy atom. The van der Waals surface area contributed by atoms with Crippen molar-refractivity contribution in [2.24, 2.45) is 4.99 Å². The second kappa shape index (κ2) is 11.8. The Morgan fingerprint density at radius 1 is 1.14 bits per heavy atom. The maximum absolute atomic E-state index is 5.57. The number of aliphatic imine (C=N–C) groups is 1. The van der Waals surface area contributed by atoms with Crippen molar-refractivity contribution < 1.29 is 4.74 Å². The summed E-state index contributed by atoms with van der Waals surface area (Å²) >= 11 is 0. The van der Waals surface area contributed by atoms with Crippen molar-refractivity contribution in [3.63, 3.8) is 0 Å². The Kier molecular flexibility index (Phi) is 9.50. The van der Waals surface area contributed by atoms with Crippen LogP contribution >= 0.6 is 24.0 Å². The molecule has 2 heterocycles. The lowest BCUT2D eigenvalue weighted by molar-refractivity contribution is 0.357. The summed E-state index contributed by atoms with van der Waals surface area (Å²) in [4.78, 5) is 11.1. The molecule has 0 spiro atoms. The molecule has 0 aliphatic carbocycles. The lowest BCUT2D eigenvalue weighted by Crippen LogP contribution is -2.37. The maximum atomic E-state index is 5.57. The van der Waals surface area contributed by atoms with Crippen LogP contribution in [-0.2, 0) is 19.4 Å². The maximum Gasteiger partial charge on any atom is 0.191 e. The fourth-order valence-electron chi connectivity index (χ4n) is 3.38. The molecule has 29 heavy (non-hydrogen) atoms. The molecule has 0 atom stereocenters. The number of hydrogen-bond acceptors (Lipinski definition) is 4. The van der Waals surface area contributed by atoms with Crippen LogP contribution in [0.5, 0.6) is 5.75 Å². The summed E-state index contributed by atoms with van der Waals surface area (Å²) in [6, 6.07) is 10.7. The number of aromatic nitrogens is 1. The van der Waals surface area contributed by atoms with Gasteiger partial charge >= 0.3 is 0 Å². The van der Waals surface area contributed by atoms with Gasteiger partial charge in [-0.15, -0.1) is 24.0 Å². The molecule has 2 aromatic rings. The summed E-state index contributed by atoms with van der Waals surface area (Å²) in [7, 11) is 1.80. The zero-order valence-corrected chi connectivity index (χ0v) is 19.9. The van der Waals surface area contributed by atoms with E-state index in [1.165, 1.54) is 11.1 Å². The molecule has 158 valence electrons. The largest absolute Gasteiger partial charge is 0.493 e. The molecule has 6 nitrogen and oxygen atoms in total. The molecule has 0 saturated carbocycles. The normalized spacial score (nSPS) is 12.6. The minimum atomic E-state index is 0. The summed E-state index contributed by atoms with van der Waals surface area (Å²) in [5, 5.41) is 6.74. The Hall–Kier alpha value is -2.03. The van der Waals surface area contributed by atoms with Crippen LogP contribution in [0.1, 0.15) is 30.5 Å². The third-order valence-electron chi connectivity index (χ3n) is 5.04. The van der Waals surface area contributed by atoms with Crippen LogP contribution < -0.4 is 20.3 Å². The summed E-state index contributed by atoms with van der Waals surface area (Å²) in [5.41, 5.74) is 3.78. The van der Waals surface area contributed by atoms with Crippen LogP contribution in [0.2, 0.25) is 0 Å². The fraction of sp³-hybridized carbons (Fsp3) is 0.455. The van der Waals surface area contributed by atoms with Gasteiger partial charge < -0.3 is 20.3 Å². The number of guanidine groups is 1. The molecule has 2 N–H and O–H groups in total. The predicted molar refractivity (Wildman–Crippen MR) is 131 cm³/mol. The van der Waals surface area contributed by atoms with Gasteiger partial charge in [0.1, 0.15) is 11.6 Å². The molecule has 0 unspecified atom stereocenters. The highest BCUT2D eigenvalue weighted by molar-refractivity contribution is 14.0. The molecule has 7 heteroatoms. The number of fused-ring (bicyclic) bond motifs is 1. The zero-order valence-electron chi connectivity index (χ0n) is 17.6. The van der Waals surface area contributed by atoms with Crippen LogP contribution in [0.4, 0.5) is 5.82 Å². The van der Waals surface area contributed by atoms with Crippen LogP contribution in [-0.4, -0.2) is 44.2 Å². The Bertz CT molecular complexity index is 790. The molecule has 0 radical (unpaired) electrons. The van der Waals surface area contributed by atoms with E-state index in [4.69, 9.17) is 4.74 Å². The monoisotopic (exact) mass is 509 g/mol. The fourth-order valence-corrected chi connectivity index (χ4v) is 3.38. The lowest BCUT2D eigenvalue weighted by atomic mass is 10.1. The van der Waals surface area contributed by atoms with Gasteiger partial charge in [-0.05, 0) is 49.1 Å². The highest BCUT2D eigenvalue weighted by Crippen LogP contribution is 2.25.